The molecule has 0 saturated heterocycles. The zero-order valence-corrected chi connectivity index (χ0v) is 15.1. The van der Waals surface area contributed by atoms with Gasteiger partial charge >= 0.3 is 5.97 Å². The lowest BCUT2D eigenvalue weighted by atomic mass is 9.90. The van der Waals surface area contributed by atoms with E-state index < -0.39 is 18.2 Å². The van der Waals surface area contributed by atoms with Crippen molar-refractivity contribution in [2.24, 2.45) is 11.8 Å². The quantitative estimate of drug-likeness (QED) is 0.370. The molecule has 0 aromatic heterocycles. The maximum atomic E-state index is 12.1. The Hall–Kier alpha value is -1.46. The summed E-state index contributed by atoms with van der Waals surface area (Å²) in [4.78, 5) is 22.5. The van der Waals surface area contributed by atoms with Gasteiger partial charge in [-0.15, -0.1) is 0 Å². The topological polar surface area (TPSA) is 94.8 Å². The fraction of sp³-hybridized carbons (Fsp3) is 0.700. The third-order valence-corrected chi connectivity index (χ3v) is 4.72. The first-order valence-corrected chi connectivity index (χ1v) is 9.39. The predicted octanol–water partition coefficient (Wildman–Crippen LogP) is 3.25. The number of ketones is 1. The second kappa shape index (κ2) is 12.0. The highest BCUT2D eigenvalue weighted by Gasteiger charge is 2.39. The standard InChI is InChI=1S/C20H32O5/c1-2-3-6-9-15(21)12-13-17-16(18(22)14-19(17)23)10-7-4-5-8-11-20(24)25/h4,7,12-13,15-18,21-22H,2-3,5-6,8-11,14H2,1H3,(H,24,25)/t15?,16?,17-,18?/m1/s1. The van der Waals surface area contributed by atoms with Crippen LogP contribution >= 0.6 is 0 Å². The molecule has 5 nitrogen and oxygen atoms in total. The lowest BCUT2D eigenvalue weighted by molar-refractivity contribution is -0.137. The van der Waals surface area contributed by atoms with Gasteiger partial charge in [0, 0.05) is 24.7 Å². The van der Waals surface area contributed by atoms with E-state index in [1.165, 1.54) is 0 Å². The normalized spacial score (nSPS) is 25.2. The molecule has 0 amide bonds. The van der Waals surface area contributed by atoms with Crippen molar-refractivity contribution in [3.05, 3.63) is 24.3 Å². The van der Waals surface area contributed by atoms with Crippen molar-refractivity contribution in [2.75, 3.05) is 0 Å². The van der Waals surface area contributed by atoms with Gasteiger partial charge in [-0.3, -0.25) is 9.59 Å². The molecule has 1 saturated carbocycles. The molecule has 0 aromatic carbocycles. The molecular formula is C20H32O5. The van der Waals surface area contributed by atoms with Crippen LogP contribution < -0.4 is 0 Å². The maximum absolute atomic E-state index is 12.1. The van der Waals surface area contributed by atoms with Crippen LogP contribution in [0.3, 0.4) is 0 Å². The van der Waals surface area contributed by atoms with Crippen LogP contribution in [0, 0.1) is 11.8 Å². The molecule has 5 heteroatoms. The Kier molecular flexibility index (Phi) is 10.3. The lowest BCUT2D eigenvalue weighted by Crippen LogP contribution is -2.19. The molecule has 0 aromatic rings. The molecule has 3 unspecified atom stereocenters. The molecule has 1 aliphatic rings. The summed E-state index contributed by atoms with van der Waals surface area (Å²) in [6.45, 7) is 2.11. The van der Waals surface area contributed by atoms with Crippen molar-refractivity contribution >= 4 is 11.8 Å². The molecule has 25 heavy (non-hydrogen) atoms. The molecule has 1 fully saturated rings. The maximum Gasteiger partial charge on any atom is 0.303 e. The summed E-state index contributed by atoms with van der Waals surface area (Å²) in [5.74, 6) is -1.29. The monoisotopic (exact) mass is 352 g/mol. The summed E-state index contributed by atoms with van der Waals surface area (Å²) in [6.07, 6.45) is 12.1. The van der Waals surface area contributed by atoms with Crippen molar-refractivity contribution in [1.29, 1.82) is 0 Å². The second-order valence-corrected chi connectivity index (χ2v) is 6.87. The number of hydrogen-bond acceptors (Lipinski definition) is 4. The van der Waals surface area contributed by atoms with Gasteiger partial charge in [0.15, 0.2) is 0 Å². The molecule has 142 valence electrons. The van der Waals surface area contributed by atoms with Crippen LogP contribution in [0.2, 0.25) is 0 Å². The minimum atomic E-state index is -0.798. The Balaban J connectivity index is 2.48. The molecule has 1 rings (SSSR count). The van der Waals surface area contributed by atoms with Crippen LogP contribution in [-0.4, -0.2) is 39.3 Å². The highest BCUT2D eigenvalue weighted by Crippen LogP contribution is 2.33. The molecule has 4 atom stereocenters. The number of carboxylic acid groups (broad SMARTS) is 1. The van der Waals surface area contributed by atoms with E-state index in [0.717, 1.165) is 19.3 Å². The number of carbonyl (C=O) groups excluding carboxylic acids is 1. The number of carboxylic acids is 1. The summed E-state index contributed by atoms with van der Waals surface area (Å²) >= 11 is 0. The Bertz CT molecular complexity index is 469. The highest BCUT2D eigenvalue weighted by atomic mass is 16.4. The summed E-state index contributed by atoms with van der Waals surface area (Å²) in [5.41, 5.74) is 0. The van der Waals surface area contributed by atoms with E-state index in [9.17, 15) is 19.8 Å². The minimum absolute atomic E-state index is 0.0220. The molecule has 0 spiro atoms. The summed E-state index contributed by atoms with van der Waals surface area (Å²) in [6, 6.07) is 0. The molecular weight excluding hydrogens is 320 g/mol. The Labute approximate surface area is 150 Å². The van der Waals surface area contributed by atoms with Crippen molar-refractivity contribution in [2.45, 2.75) is 76.9 Å². The minimum Gasteiger partial charge on any atom is -0.481 e. The number of allylic oxidation sites excluding steroid dienone is 3. The number of unbranched alkanes of at least 4 members (excludes halogenated alkanes) is 3. The summed E-state index contributed by atoms with van der Waals surface area (Å²) in [7, 11) is 0. The van der Waals surface area contributed by atoms with Gasteiger partial charge in [0.05, 0.1) is 12.2 Å². The zero-order chi connectivity index (χ0) is 18.7. The van der Waals surface area contributed by atoms with Gasteiger partial charge in [0.1, 0.15) is 5.78 Å². The van der Waals surface area contributed by atoms with Crippen molar-refractivity contribution < 1.29 is 24.9 Å². The first-order valence-electron chi connectivity index (χ1n) is 9.39. The molecule has 3 N–H and O–H groups in total. The van der Waals surface area contributed by atoms with Gasteiger partial charge in [-0.05, 0) is 25.7 Å². The van der Waals surface area contributed by atoms with Crippen LogP contribution in [0.4, 0.5) is 0 Å². The lowest BCUT2D eigenvalue weighted by Gasteiger charge is -2.17. The largest absolute Gasteiger partial charge is 0.481 e. The first-order chi connectivity index (χ1) is 12.0. The fourth-order valence-electron chi connectivity index (χ4n) is 3.22. The van der Waals surface area contributed by atoms with Crippen molar-refractivity contribution in [1.82, 2.24) is 0 Å². The van der Waals surface area contributed by atoms with E-state index in [0.29, 0.717) is 25.7 Å². The Morgan fingerprint density at radius 2 is 2.04 bits per heavy atom. The van der Waals surface area contributed by atoms with Gasteiger partial charge < -0.3 is 15.3 Å². The number of Topliss-reactive ketones (excluding diaryl/α,β-unsaturated/α-hetero) is 1. The number of aliphatic hydroxyl groups excluding tert-OH is 2. The first kappa shape index (κ1) is 21.6. The second-order valence-electron chi connectivity index (χ2n) is 6.87. The average Bonchev–Trinajstić information content (AvgIpc) is 2.82. The van der Waals surface area contributed by atoms with E-state index >= 15 is 0 Å². The van der Waals surface area contributed by atoms with E-state index in [4.69, 9.17) is 5.11 Å². The summed E-state index contributed by atoms with van der Waals surface area (Å²) < 4.78 is 0. The van der Waals surface area contributed by atoms with Crippen LogP contribution in [0.15, 0.2) is 24.3 Å². The SMILES string of the molecule is CCCCCC(O)C=C[C@H]1C(=O)CC(O)C1CC=CCCCC(=O)O. The van der Waals surface area contributed by atoms with Gasteiger partial charge in [-0.25, -0.2) is 0 Å². The van der Waals surface area contributed by atoms with Crippen LogP contribution in [-0.2, 0) is 9.59 Å². The van der Waals surface area contributed by atoms with Crippen LogP contribution in [0.1, 0.15) is 64.7 Å². The van der Waals surface area contributed by atoms with Crippen LogP contribution in [0.25, 0.3) is 0 Å². The van der Waals surface area contributed by atoms with E-state index in [-0.39, 0.29) is 30.5 Å². The molecule has 1 aliphatic carbocycles. The third-order valence-electron chi connectivity index (χ3n) is 4.72. The number of aliphatic carboxylic acids is 1. The van der Waals surface area contributed by atoms with E-state index in [1.54, 1.807) is 12.2 Å². The van der Waals surface area contributed by atoms with Gasteiger partial charge in [-0.1, -0.05) is 50.5 Å². The zero-order valence-electron chi connectivity index (χ0n) is 15.1. The highest BCUT2D eigenvalue weighted by molar-refractivity contribution is 5.86. The molecule has 0 aliphatic heterocycles. The third kappa shape index (κ3) is 8.45. The van der Waals surface area contributed by atoms with Crippen LogP contribution in [0.5, 0.6) is 0 Å². The molecule has 0 bridgehead atoms. The summed E-state index contributed by atoms with van der Waals surface area (Å²) in [5, 5.41) is 28.7. The Morgan fingerprint density at radius 3 is 2.72 bits per heavy atom. The predicted molar refractivity (Wildman–Crippen MR) is 97.1 cm³/mol. The Morgan fingerprint density at radius 1 is 1.28 bits per heavy atom. The molecule has 0 heterocycles. The number of rotatable bonds is 12. The molecule has 0 radical (unpaired) electrons. The van der Waals surface area contributed by atoms with Gasteiger partial charge in [0.2, 0.25) is 0 Å². The van der Waals surface area contributed by atoms with Gasteiger partial charge in [-0.2, -0.15) is 0 Å². The smallest absolute Gasteiger partial charge is 0.303 e. The number of hydrogen-bond donors (Lipinski definition) is 3. The van der Waals surface area contributed by atoms with E-state index in [1.807, 2.05) is 12.2 Å². The fourth-order valence-corrected chi connectivity index (χ4v) is 3.22. The number of carbonyl (C=O) groups is 2. The average molecular weight is 352 g/mol. The van der Waals surface area contributed by atoms with Crippen molar-refractivity contribution in [3.63, 3.8) is 0 Å². The van der Waals surface area contributed by atoms with Gasteiger partial charge in [0.25, 0.3) is 0 Å². The van der Waals surface area contributed by atoms with E-state index in [2.05, 4.69) is 6.92 Å². The number of aliphatic hydroxyl groups is 2. The van der Waals surface area contributed by atoms with Crippen molar-refractivity contribution in [3.8, 4) is 0 Å².